The van der Waals surface area contributed by atoms with Gasteiger partial charge in [-0.1, -0.05) is 64.5 Å². The van der Waals surface area contributed by atoms with Gasteiger partial charge in [-0.2, -0.15) is 0 Å². The third-order valence-corrected chi connectivity index (χ3v) is 5.83. The highest BCUT2D eigenvalue weighted by atomic mass is 79.9. The van der Waals surface area contributed by atoms with Gasteiger partial charge in [-0.05, 0) is 30.3 Å². The SMILES string of the molecule is O=S(=O)(Nc1c(-c2ccccc2)oc2ccc(Br)cc12)c1ccccc1. The first-order valence-corrected chi connectivity index (χ1v) is 10.2. The zero-order valence-electron chi connectivity index (χ0n) is 13.5. The molecule has 0 radical (unpaired) electrons. The van der Waals surface area contributed by atoms with Gasteiger partial charge >= 0.3 is 0 Å². The number of fused-ring (bicyclic) bond motifs is 1. The molecule has 1 heterocycles. The van der Waals surface area contributed by atoms with Crippen molar-refractivity contribution in [2.24, 2.45) is 0 Å². The number of sulfonamides is 1. The van der Waals surface area contributed by atoms with Gasteiger partial charge in [0.2, 0.25) is 0 Å². The Balaban J connectivity index is 1.92. The summed E-state index contributed by atoms with van der Waals surface area (Å²) in [5, 5.41) is 0.692. The second-order valence-corrected chi connectivity index (χ2v) is 8.33. The van der Waals surface area contributed by atoms with Crippen molar-refractivity contribution in [3.05, 3.63) is 83.3 Å². The average molecular weight is 428 g/mol. The molecule has 0 saturated heterocycles. The van der Waals surface area contributed by atoms with E-state index in [4.69, 9.17) is 4.42 Å². The molecule has 6 heteroatoms. The maximum Gasteiger partial charge on any atom is 0.262 e. The van der Waals surface area contributed by atoms with Crippen molar-refractivity contribution >= 4 is 42.6 Å². The lowest BCUT2D eigenvalue weighted by molar-refractivity contribution is 0.600. The molecule has 4 rings (SSSR count). The van der Waals surface area contributed by atoms with Gasteiger partial charge in [0.15, 0.2) is 5.76 Å². The molecule has 1 aromatic heterocycles. The number of halogens is 1. The van der Waals surface area contributed by atoms with Gasteiger partial charge < -0.3 is 4.42 Å². The molecular formula is C20H14BrNO3S. The summed E-state index contributed by atoms with van der Waals surface area (Å²) in [7, 11) is -3.74. The minimum atomic E-state index is -3.74. The van der Waals surface area contributed by atoms with E-state index >= 15 is 0 Å². The normalized spacial score (nSPS) is 11.6. The first-order chi connectivity index (χ1) is 12.5. The molecule has 0 bridgehead atoms. The number of hydrogen-bond donors (Lipinski definition) is 1. The lowest BCUT2D eigenvalue weighted by atomic mass is 10.1. The highest BCUT2D eigenvalue weighted by Gasteiger charge is 2.22. The summed E-state index contributed by atoms with van der Waals surface area (Å²) in [6, 6.07) is 23.2. The van der Waals surface area contributed by atoms with Gasteiger partial charge in [0.1, 0.15) is 11.3 Å². The second kappa shape index (κ2) is 6.63. The van der Waals surface area contributed by atoms with E-state index in [1.807, 2.05) is 48.5 Å². The quantitative estimate of drug-likeness (QED) is 0.456. The van der Waals surface area contributed by atoms with Crippen molar-refractivity contribution in [2.45, 2.75) is 4.90 Å². The van der Waals surface area contributed by atoms with E-state index in [1.165, 1.54) is 0 Å². The van der Waals surface area contributed by atoms with Crippen molar-refractivity contribution in [1.29, 1.82) is 0 Å². The summed E-state index contributed by atoms with van der Waals surface area (Å²) >= 11 is 3.44. The van der Waals surface area contributed by atoms with Gasteiger partial charge in [0.05, 0.1) is 4.90 Å². The van der Waals surface area contributed by atoms with Crippen LogP contribution in [0.5, 0.6) is 0 Å². The maximum absolute atomic E-state index is 12.8. The van der Waals surface area contributed by atoms with E-state index in [-0.39, 0.29) is 4.90 Å². The predicted octanol–water partition coefficient (Wildman–Crippen LogP) is 5.66. The molecule has 0 spiro atoms. The molecule has 4 aromatic rings. The summed E-state index contributed by atoms with van der Waals surface area (Å²) in [4.78, 5) is 0.198. The van der Waals surface area contributed by atoms with E-state index in [0.717, 1.165) is 10.0 Å². The van der Waals surface area contributed by atoms with Gasteiger partial charge in [-0.15, -0.1) is 0 Å². The van der Waals surface area contributed by atoms with Crippen LogP contribution >= 0.6 is 15.9 Å². The minimum Gasteiger partial charge on any atom is -0.454 e. The highest BCUT2D eigenvalue weighted by Crippen LogP contribution is 2.40. The molecule has 26 heavy (non-hydrogen) atoms. The highest BCUT2D eigenvalue weighted by molar-refractivity contribution is 9.10. The fraction of sp³-hybridized carbons (Fsp3) is 0. The molecule has 0 aliphatic carbocycles. The molecule has 3 aromatic carbocycles. The Kier molecular flexibility index (Phi) is 4.30. The first kappa shape index (κ1) is 16.9. The lowest BCUT2D eigenvalue weighted by Crippen LogP contribution is -2.13. The van der Waals surface area contributed by atoms with Crippen molar-refractivity contribution in [2.75, 3.05) is 4.72 Å². The Hall–Kier alpha value is -2.57. The van der Waals surface area contributed by atoms with Gasteiger partial charge in [0, 0.05) is 15.4 Å². The monoisotopic (exact) mass is 427 g/mol. The molecule has 4 nitrogen and oxygen atoms in total. The molecule has 0 saturated carbocycles. The maximum atomic E-state index is 12.8. The number of furan rings is 1. The van der Waals surface area contributed by atoms with Crippen LogP contribution in [0.3, 0.4) is 0 Å². The molecule has 1 N–H and O–H groups in total. The zero-order valence-corrected chi connectivity index (χ0v) is 15.9. The number of rotatable bonds is 4. The smallest absolute Gasteiger partial charge is 0.262 e. The fourth-order valence-corrected chi connectivity index (χ4v) is 4.22. The van der Waals surface area contributed by atoms with Crippen molar-refractivity contribution in [3.8, 4) is 11.3 Å². The summed E-state index contributed by atoms with van der Waals surface area (Å²) in [6.45, 7) is 0. The van der Waals surface area contributed by atoms with Crippen LogP contribution < -0.4 is 4.72 Å². The van der Waals surface area contributed by atoms with Crippen LogP contribution in [0.2, 0.25) is 0 Å². The lowest BCUT2D eigenvalue weighted by Gasteiger charge is -2.09. The van der Waals surface area contributed by atoms with Crippen LogP contribution in [-0.2, 0) is 10.0 Å². The van der Waals surface area contributed by atoms with E-state index in [0.29, 0.717) is 22.4 Å². The number of hydrogen-bond acceptors (Lipinski definition) is 3. The van der Waals surface area contributed by atoms with Crippen LogP contribution in [0.25, 0.3) is 22.3 Å². The fourth-order valence-electron chi connectivity index (χ4n) is 2.76. The van der Waals surface area contributed by atoms with Crippen molar-refractivity contribution in [1.82, 2.24) is 0 Å². The van der Waals surface area contributed by atoms with Gasteiger partial charge in [-0.3, -0.25) is 4.72 Å². The standard InChI is InChI=1S/C20H14BrNO3S/c21-15-11-12-18-17(13-15)19(20(25-18)14-7-3-1-4-8-14)22-26(23,24)16-9-5-2-6-10-16/h1-13,22H. The largest absolute Gasteiger partial charge is 0.454 e. The van der Waals surface area contributed by atoms with Crippen LogP contribution in [0.4, 0.5) is 5.69 Å². The van der Waals surface area contributed by atoms with E-state index in [9.17, 15) is 8.42 Å². The number of benzene rings is 3. The number of anilines is 1. The van der Waals surface area contributed by atoms with E-state index in [2.05, 4.69) is 20.7 Å². The third kappa shape index (κ3) is 3.13. The molecule has 130 valence electrons. The molecular weight excluding hydrogens is 414 g/mol. The topological polar surface area (TPSA) is 59.3 Å². The van der Waals surface area contributed by atoms with E-state index in [1.54, 1.807) is 30.3 Å². The summed E-state index contributed by atoms with van der Waals surface area (Å²) < 4.78 is 35.2. The summed E-state index contributed by atoms with van der Waals surface area (Å²) in [5.74, 6) is 0.484. The van der Waals surface area contributed by atoms with Gasteiger partial charge in [0.25, 0.3) is 10.0 Å². The van der Waals surface area contributed by atoms with Crippen LogP contribution in [-0.4, -0.2) is 8.42 Å². The minimum absolute atomic E-state index is 0.198. The Morgan fingerprint density at radius 3 is 2.19 bits per heavy atom. The Morgan fingerprint density at radius 2 is 1.50 bits per heavy atom. The van der Waals surface area contributed by atoms with Crippen molar-refractivity contribution in [3.63, 3.8) is 0 Å². The molecule has 0 aliphatic heterocycles. The van der Waals surface area contributed by atoms with E-state index < -0.39 is 10.0 Å². The summed E-state index contributed by atoms with van der Waals surface area (Å²) in [5.41, 5.74) is 1.83. The van der Waals surface area contributed by atoms with Crippen molar-refractivity contribution < 1.29 is 12.8 Å². The molecule has 0 unspecified atom stereocenters. The second-order valence-electron chi connectivity index (χ2n) is 5.73. The van der Waals surface area contributed by atoms with Crippen LogP contribution in [0.1, 0.15) is 0 Å². The molecule has 0 atom stereocenters. The molecule has 0 fully saturated rings. The number of nitrogens with one attached hydrogen (secondary N) is 1. The predicted molar refractivity (Wildman–Crippen MR) is 107 cm³/mol. The Bertz CT molecular complexity index is 1170. The average Bonchev–Trinajstić information content (AvgIpc) is 3.00. The van der Waals surface area contributed by atoms with Crippen LogP contribution in [0.15, 0.2) is 92.6 Å². The first-order valence-electron chi connectivity index (χ1n) is 7.90. The van der Waals surface area contributed by atoms with Gasteiger partial charge in [-0.25, -0.2) is 8.42 Å². The zero-order chi connectivity index (χ0) is 18.1. The summed E-state index contributed by atoms with van der Waals surface area (Å²) in [6.07, 6.45) is 0. The Morgan fingerprint density at radius 1 is 0.846 bits per heavy atom. The third-order valence-electron chi connectivity index (χ3n) is 3.98. The van der Waals surface area contributed by atoms with Crippen LogP contribution in [0, 0.1) is 0 Å². The Labute approximate surface area is 159 Å². The molecule has 0 aliphatic rings. The molecule has 0 amide bonds.